The van der Waals surface area contributed by atoms with Gasteiger partial charge in [-0.25, -0.2) is 0 Å². The molecule has 0 aliphatic carbocycles. The molecule has 1 aromatic rings. The molecular weight excluding hydrogens is 246 g/mol. The number of hydrogen-bond donors (Lipinski definition) is 1. The molecule has 0 radical (unpaired) electrons. The predicted octanol–water partition coefficient (Wildman–Crippen LogP) is 2.99. The van der Waals surface area contributed by atoms with Gasteiger partial charge < -0.3 is 5.32 Å². The van der Waals surface area contributed by atoms with Crippen molar-refractivity contribution in [3.8, 4) is 0 Å². The Kier molecular flexibility index (Phi) is 4.22. The third kappa shape index (κ3) is 3.80. The molecule has 1 aliphatic rings. The minimum absolute atomic E-state index is 0.180. The van der Waals surface area contributed by atoms with E-state index >= 15 is 0 Å². The normalized spacial score (nSPS) is 23.8. The van der Waals surface area contributed by atoms with E-state index in [1.807, 2.05) is 12.4 Å². The van der Waals surface area contributed by atoms with Crippen LogP contribution in [0, 0.1) is 12.3 Å². The molecule has 1 atom stereocenters. The first-order valence-electron chi connectivity index (χ1n) is 7.57. The lowest BCUT2D eigenvalue weighted by atomic mass is 9.82. The van der Waals surface area contributed by atoms with E-state index in [1.165, 1.54) is 11.1 Å². The van der Waals surface area contributed by atoms with Gasteiger partial charge in [-0.2, -0.15) is 0 Å². The minimum Gasteiger partial charge on any atom is -0.309 e. The minimum atomic E-state index is 0.180. The summed E-state index contributed by atoms with van der Waals surface area (Å²) in [6.45, 7) is 16.8. The van der Waals surface area contributed by atoms with Gasteiger partial charge in [0.25, 0.3) is 0 Å². The number of pyridine rings is 1. The quantitative estimate of drug-likeness (QED) is 0.899. The van der Waals surface area contributed by atoms with Gasteiger partial charge >= 0.3 is 0 Å². The van der Waals surface area contributed by atoms with E-state index in [1.54, 1.807) is 0 Å². The number of piperazine rings is 1. The van der Waals surface area contributed by atoms with Gasteiger partial charge in [-0.15, -0.1) is 0 Å². The second-order valence-corrected chi connectivity index (χ2v) is 7.92. The fourth-order valence-corrected chi connectivity index (χ4v) is 3.13. The smallest absolute Gasteiger partial charge is 0.0313 e. The van der Waals surface area contributed by atoms with Crippen molar-refractivity contribution in [3.63, 3.8) is 0 Å². The van der Waals surface area contributed by atoms with Crippen LogP contribution in [0.4, 0.5) is 0 Å². The highest BCUT2D eigenvalue weighted by Gasteiger charge is 2.38. The van der Waals surface area contributed by atoms with Crippen LogP contribution in [0.25, 0.3) is 0 Å². The zero-order valence-electron chi connectivity index (χ0n) is 13.8. The maximum Gasteiger partial charge on any atom is 0.0313 e. The van der Waals surface area contributed by atoms with Gasteiger partial charge in [0.05, 0.1) is 0 Å². The predicted molar refractivity (Wildman–Crippen MR) is 84.7 cm³/mol. The molecule has 1 N–H and O–H groups in total. The number of rotatable bonds is 2. The van der Waals surface area contributed by atoms with Crippen molar-refractivity contribution in [2.75, 3.05) is 13.1 Å². The molecule has 0 spiro atoms. The number of aromatic nitrogens is 1. The molecule has 3 heteroatoms. The van der Waals surface area contributed by atoms with Crippen molar-refractivity contribution in [2.45, 2.75) is 59.7 Å². The Morgan fingerprint density at radius 1 is 1.35 bits per heavy atom. The molecule has 2 heterocycles. The molecule has 1 fully saturated rings. The van der Waals surface area contributed by atoms with Crippen LogP contribution in [-0.2, 0) is 6.54 Å². The number of nitrogens with zero attached hydrogens (tertiary/aromatic N) is 2. The second kappa shape index (κ2) is 5.45. The first-order valence-corrected chi connectivity index (χ1v) is 7.57. The van der Waals surface area contributed by atoms with Gasteiger partial charge in [-0.1, -0.05) is 26.8 Å². The lowest BCUT2D eigenvalue weighted by Gasteiger charge is -2.49. The zero-order valence-corrected chi connectivity index (χ0v) is 13.8. The first kappa shape index (κ1) is 15.5. The van der Waals surface area contributed by atoms with Gasteiger partial charge in [-0.05, 0) is 37.3 Å². The molecule has 3 nitrogen and oxygen atoms in total. The Labute approximate surface area is 123 Å². The standard InChI is InChI=1S/C17H29N3/c1-13-7-14(9-18-8-13)11-20-12-17(5,6)19-10-15(20)16(2,3)4/h7-9,15,19H,10-12H2,1-6H3. The summed E-state index contributed by atoms with van der Waals surface area (Å²) < 4.78 is 0. The van der Waals surface area contributed by atoms with Crippen LogP contribution in [0.5, 0.6) is 0 Å². The summed E-state index contributed by atoms with van der Waals surface area (Å²) in [5.41, 5.74) is 3.01. The van der Waals surface area contributed by atoms with Crippen LogP contribution >= 0.6 is 0 Å². The average Bonchev–Trinajstić information content (AvgIpc) is 2.25. The van der Waals surface area contributed by atoms with E-state index in [0.29, 0.717) is 6.04 Å². The topological polar surface area (TPSA) is 28.2 Å². The maximum absolute atomic E-state index is 4.33. The maximum atomic E-state index is 4.33. The van der Waals surface area contributed by atoms with Gasteiger partial charge in [0, 0.05) is 43.6 Å². The Morgan fingerprint density at radius 2 is 2.05 bits per heavy atom. The summed E-state index contributed by atoms with van der Waals surface area (Å²) in [4.78, 5) is 6.95. The van der Waals surface area contributed by atoms with Crippen LogP contribution in [0.15, 0.2) is 18.5 Å². The van der Waals surface area contributed by atoms with Crippen molar-refractivity contribution >= 4 is 0 Å². The van der Waals surface area contributed by atoms with Gasteiger partial charge in [0.2, 0.25) is 0 Å². The van der Waals surface area contributed by atoms with Gasteiger partial charge in [-0.3, -0.25) is 9.88 Å². The average molecular weight is 275 g/mol. The van der Waals surface area contributed by atoms with Crippen LogP contribution in [-0.4, -0.2) is 34.6 Å². The molecule has 1 saturated heterocycles. The van der Waals surface area contributed by atoms with Crippen LogP contribution in [0.2, 0.25) is 0 Å². The number of aryl methyl sites for hydroxylation is 1. The summed E-state index contributed by atoms with van der Waals surface area (Å²) in [6, 6.07) is 2.80. The van der Waals surface area contributed by atoms with Crippen molar-refractivity contribution in [1.29, 1.82) is 0 Å². The van der Waals surface area contributed by atoms with E-state index in [-0.39, 0.29) is 11.0 Å². The lowest BCUT2D eigenvalue weighted by molar-refractivity contribution is 0.0271. The van der Waals surface area contributed by atoms with Crippen LogP contribution in [0.3, 0.4) is 0 Å². The Morgan fingerprint density at radius 3 is 2.65 bits per heavy atom. The molecule has 1 aliphatic heterocycles. The summed E-state index contributed by atoms with van der Waals surface area (Å²) in [7, 11) is 0. The first-order chi connectivity index (χ1) is 9.17. The summed E-state index contributed by atoms with van der Waals surface area (Å²) in [5, 5.41) is 3.68. The molecule has 1 aromatic heterocycles. The van der Waals surface area contributed by atoms with Gasteiger partial charge in [0.1, 0.15) is 0 Å². The molecule has 20 heavy (non-hydrogen) atoms. The van der Waals surface area contributed by atoms with Crippen LogP contribution in [0.1, 0.15) is 45.7 Å². The van der Waals surface area contributed by atoms with E-state index in [2.05, 4.69) is 62.8 Å². The Bertz CT molecular complexity index is 460. The third-order valence-electron chi connectivity index (χ3n) is 4.13. The van der Waals surface area contributed by atoms with E-state index in [9.17, 15) is 0 Å². The van der Waals surface area contributed by atoms with Crippen LogP contribution < -0.4 is 5.32 Å². The van der Waals surface area contributed by atoms with Crippen molar-refractivity contribution in [2.24, 2.45) is 5.41 Å². The molecule has 112 valence electrons. The molecule has 0 amide bonds. The molecule has 0 bridgehead atoms. The van der Waals surface area contributed by atoms with E-state index < -0.39 is 0 Å². The summed E-state index contributed by atoms with van der Waals surface area (Å²) >= 11 is 0. The highest BCUT2D eigenvalue weighted by molar-refractivity contribution is 5.17. The highest BCUT2D eigenvalue weighted by atomic mass is 15.3. The highest BCUT2D eigenvalue weighted by Crippen LogP contribution is 2.29. The largest absolute Gasteiger partial charge is 0.309 e. The molecular formula is C17H29N3. The fraction of sp³-hybridized carbons (Fsp3) is 0.706. The van der Waals surface area contributed by atoms with Gasteiger partial charge in [0.15, 0.2) is 0 Å². The van der Waals surface area contributed by atoms with Crippen molar-refractivity contribution in [3.05, 3.63) is 29.6 Å². The molecule has 0 saturated carbocycles. The molecule has 2 rings (SSSR count). The summed E-state index contributed by atoms with van der Waals surface area (Å²) in [5.74, 6) is 0. The lowest BCUT2D eigenvalue weighted by Crippen LogP contribution is -2.64. The fourth-order valence-electron chi connectivity index (χ4n) is 3.13. The zero-order chi connectivity index (χ0) is 15.0. The Hall–Kier alpha value is -0.930. The second-order valence-electron chi connectivity index (χ2n) is 7.92. The molecule has 0 aromatic carbocycles. The van der Waals surface area contributed by atoms with E-state index in [4.69, 9.17) is 0 Å². The Balaban J connectivity index is 2.19. The SMILES string of the molecule is Cc1cncc(CN2CC(C)(C)NCC2C(C)(C)C)c1. The number of hydrogen-bond acceptors (Lipinski definition) is 3. The summed E-state index contributed by atoms with van der Waals surface area (Å²) in [6.07, 6.45) is 3.92. The van der Waals surface area contributed by atoms with Crippen molar-refractivity contribution < 1.29 is 0 Å². The monoisotopic (exact) mass is 275 g/mol. The number of nitrogens with one attached hydrogen (secondary N) is 1. The van der Waals surface area contributed by atoms with E-state index in [0.717, 1.165) is 19.6 Å². The van der Waals surface area contributed by atoms with Crippen molar-refractivity contribution in [1.82, 2.24) is 15.2 Å². The third-order valence-corrected chi connectivity index (χ3v) is 4.13. The molecule has 1 unspecified atom stereocenters.